The first-order chi connectivity index (χ1) is 7.27. The van der Waals surface area contributed by atoms with Crippen LogP contribution < -0.4 is 9.47 Å². The molecule has 0 saturated heterocycles. The fraction of sp³-hybridized carbons (Fsp3) is 0.400. The lowest BCUT2D eigenvalue weighted by molar-refractivity contribution is 0.0457. The van der Waals surface area contributed by atoms with Crippen molar-refractivity contribution in [2.24, 2.45) is 0 Å². The highest BCUT2D eigenvalue weighted by Crippen LogP contribution is 2.29. The maximum Gasteiger partial charge on any atom is 0.188 e. The third-order valence-corrected chi connectivity index (χ3v) is 2.23. The third-order valence-electron chi connectivity index (χ3n) is 1.58. The molecule has 0 fully saturated rings. The molecule has 0 N–H and O–H groups in total. The molecule has 0 radical (unpaired) electrons. The maximum atomic E-state index is 5.32. The minimum absolute atomic E-state index is 0.201. The molecule has 0 spiro atoms. The van der Waals surface area contributed by atoms with E-state index >= 15 is 0 Å². The summed E-state index contributed by atoms with van der Waals surface area (Å²) in [6, 6.07) is 5.43. The van der Waals surface area contributed by atoms with Crippen molar-refractivity contribution in [1.29, 1.82) is 0 Å². The Morgan fingerprint density at radius 1 is 1.07 bits per heavy atom. The summed E-state index contributed by atoms with van der Waals surface area (Å²) in [6.45, 7) is 0.414. The molecule has 15 heavy (non-hydrogen) atoms. The summed E-state index contributed by atoms with van der Waals surface area (Å²) in [6.07, 6.45) is 0. The highest BCUT2D eigenvalue weighted by molar-refractivity contribution is 9.10. The lowest BCUT2D eigenvalue weighted by atomic mass is 10.3. The van der Waals surface area contributed by atoms with Gasteiger partial charge in [-0.05, 0) is 28.1 Å². The van der Waals surface area contributed by atoms with Crippen LogP contribution >= 0.6 is 15.9 Å². The van der Waals surface area contributed by atoms with Crippen molar-refractivity contribution < 1.29 is 18.9 Å². The number of benzene rings is 1. The number of ether oxygens (including phenoxy) is 4. The maximum absolute atomic E-state index is 5.32. The van der Waals surface area contributed by atoms with Crippen molar-refractivity contribution >= 4 is 15.9 Å². The van der Waals surface area contributed by atoms with E-state index < -0.39 is 0 Å². The van der Waals surface area contributed by atoms with Gasteiger partial charge in [0.05, 0.1) is 4.47 Å². The molecule has 0 aromatic heterocycles. The number of methoxy groups -OCH3 is 2. The Kier molecular flexibility index (Phi) is 5.45. The van der Waals surface area contributed by atoms with Gasteiger partial charge in [0.2, 0.25) is 0 Å². The fourth-order valence-corrected chi connectivity index (χ4v) is 1.29. The summed E-state index contributed by atoms with van der Waals surface area (Å²) in [5.74, 6) is 1.36. The van der Waals surface area contributed by atoms with Crippen molar-refractivity contribution in [3.63, 3.8) is 0 Å². The van der Waals surface area contributed by atoms with E-state index in [9.17, 15) is 0 Å². The molecule has 84 valence electrons. The minimum Gasteiger partial charge on any atom is -0.467 e. The van der Waals surface area contributed by atoms with Crippen LogP contribution in [0.15, 0.2) is 22.7 Å². The Morgan fingerprint density at radius 2 is 1.73 bits per heavy atom. The number of halogens is 1. The normalized spacial score (nSPS) is 10.1. The topological polar surface area (TPSA) is 36.9 Å². The van der Waals surface area contributed by atoms with Gasteiger partial charge in [-0.3, -0.25) is 0 Å². The molecule has 4 nitrogen and oxygen atoms in total. The van der Waals surface area contributed by atoms with Gasteiger partial charge in [0.15, 0.2) is 13.6 Å². The SMILES string of the molecule is COCOc1ccc(Br)c(OCOC)c1. The molecule has 0 saturated carbocycles. The summed E-state index contributed by atoms with van der Waals surface area (Å²) >= 11 is 3.36. The number of hydrogen-bond acceptors (Lipinski definition) is 4. The van der Waals surface area contributed by atoms with Crippen molar-refractivity contribution in [1.82, 2.24) is 0 Å². The lowest BCUT2D eigenvalue weighted by Crippen LogP contribution is -2.01. The Labute approximate surface area is 97.2 Å². The molecule has 0 aliphatic carbocycles. The molecule has 0 heterocycles. The van der Waals surface area contributed by atoms with Crippen LogP contribution in [0.25, 0.3) is 0 Å². The van der Waals surface area contributed by atoms with Crippen molar-refractivity contribution in [2.45, 2.75) is 0 Å². The van der Waals surface area contributed by atoms with E-state index in [1.54, 1.807) is 20.3 Å². The van der Waals surface area contributed by atoms with Gasteiger partial charge in [0.25, 0.3) is 0 Å². The molecule has 0 unspecified atom stereocenters. The molecular formula is C10H13BrO4. The van der Waals surface area contributed by atoms with E-state index in [4.69, 9.17) is 18.9 Å². The zero-order valence-electron chi connectivity index (χ0n) is 8.66. The fourth-order valence-electron chi connectivity index (χ4n) is 0.933. The van der Waals surface area contributed by atoms with Crippen LogP contribution in [0.1, 0.15) is 0 Å². The van der Waals surface area contributed by atoms with Crippen LogP contribution in [0, 0.1) is 0 Å². The number of hydrogen-bond donors (Lipinski definition) is 0. The van der Waals surface area contributed by atoms with Crippen LogP contribution in [0.5, 0.6) is 11.5 Å². The summed E-state index contributed by atoms with van der Waals surface area (Å²) in [5, 5.41) is 0. The van der Waals surface area contributed by atoms with Gasteiger partial charge >= 0.3 is 0 Å². The summed E-state index contributed by atoms with van der Waals surface area (Å²) in [4.78, 5) is 0. The van der Waals surface area contributed by atoms with Gasteiger partial charge < -0.3 is 18.9 Å². The van der Waals surface area contributed by atoms with Gasteiger partial charge in [-0.25, -0.2) is 0 Å². The van der Waals surface area contributed by atoms with E-state index in [0.29, 0.717) is 11.5 Å². The van der Waals surface area contributed by atoms with Crippen LogP contribution in [0.3, 0.4) is 0 Å². The molecule has 5 heteroatoms. The second-order valence-corrected chi connectivity index (χ2v) is 3.55. The van der Waals surface area contributed by atoms with Crippen LogP contribution in [0.2, 0.25) is 0 Å². The molecule has 1 aromatic carbocycles. The molecule has 1 rings (SSSR count). The smallest absolute Gasteiger partial charge is 0.188 e. The Hall–Kier alpha value is -0.780. The second-order valence-electron chi connectivity index (χ2n) is 2.69. The highest BCUT2D eigenvalue weighted by Gasteiger charge is 2.03. The first-order valence-corrected chi connectivity index (χ1v) is 5.10. The molecule has 0 atom stereocenters. The second kappa shape index (κ2) is 6.66. The van der Waals surface area contributed by atoms with Crippen molar-refractivity contribution in [3.05, 3.63) is 22.7 Å². The Bertz CT molecular complexity index is 303. The monoisotopic (exact) mass is 276 g/mol. The Balaban J connectivity index is 2.66. The third kappa shape index (κ3) is 4.07. The van der Waals surface area contributed by atoms with Gasteiger partial charge in [-0.1, -0.05) is 0 Å². The van der Waals surface area contributed by atoms with Gasteiger partial charge in [0, 0.05) is 20.3 Å². The molecule has 0 amide bonds. The lowest BCUT2D eigenvalue weighted by Gasteiger charge is -2.09. The van der Waals surface area contributed by atoms with E-state index in [1.165, 1.54) is 0 Å². The molecule has 0 bridgehead atoms. The van der Waals surface area contributed by atoms with Crippen LogP contribution in [-0.2, 0) is 9.47 Å². The molecule has 0 aliphatic heterocycles. The van der Waals surface area contributed by atoms with Crippen LogP contribution in [0.4, 0.5) is 0 Å². The quantitative estimate of drug-likeness (QED) is 0.748. The van der Waals surface area contributed by atoms with Gasteiger partial charge in [-0.15, -0.1) is 0 Å². The predicted molar refractivity (Wildman–Crippen MR) is 59.2 cm³/mol. The van der Waals surface area contributed by atoms with E-state index in [0.717, 1.165) is 4.47 Å². The minimum atomic E-state index is 0.201. The average molecular weight is 277 g/mol. The highest BCUT2D eigenvalue weighted by atomic mass is 79.9. The van der Waals surface area contributed by atoms with E-state index in [2.05, 4.69) is 15.9 Å². The van der Waals surface area contributed by atoms with Gasteiger partial charge in [-0.2, -0.15) is 0 Å². The molecule has 1 aromatic rings. The average Bonchev–Trinajstić information content (AvgIpc) is 2.26. The zero-order chi connectivity index (χ0) is 11.1. The van der Waals surface area contributed by atoms with Crippen molar-refractivity contribution in [2.75, 3.05) is 27.8 Å². The van der Waals surface area contributed by atoms with Crippen LogP contribution in [-0.4, -0.2) is 27.8 Å². The van der Waals surface area contributed by atoms with E-state index in [-0.39, 0.29) is 13.6 Å². The number of rotatable bonds is 6. The summed E-state index contributed by atoms with van der Waals surface area (Å²) in [7, 11) is 3.14. The molecule has 0 aliphatic rings. The predicted octanol–water partition coefficient (Wildman–Crippen LogP) is 2.41. The van der Waals surface area contributed by atoms with Crippen molar-refractivity contribution in [3.8, 4) is 11.5 Å². The standard InChI is InChI=1S/C10H13BrO4/c1-12-6-14-8-3-4-9(11)10(5-8)15-7-13-2/h3-5H,6-7H2,1-2H3. The largest absolute Gasteiger partial charge is 0.467 e. The Morgan fingerprint density at radius 3 is 2.40 bits per heavy atom. The zero-order valence-corrected chi connectivity index (χ0v) is 10.2. The summed E-state index contributed by atoms with van der Waals surface area (Å²) in [5.41, 5.74) is 0. The van der Waals surface area contributed by atoms with E-state index in [1.807, 2.05) is 12.1 Å². The summed E-state index contributed by atoms with van der Waals surface area (Å²) < 4.78 is 21.0. The molecular weight excluding hydrogens is 264 g/mol. The first-order valence-electron chi connectivity index (χ1n) is 4.31. The first kappa shape index (κ1) is 12.3. The van der Waals surface area contributed by atoms with Gasteiger partial charge in [0.1, 0.15) is 11.5 Å².